The summed E-state index contributed by atoms with van der Waals surface area (Å²) in [6.45, 7) is 11.1. The Labute approximate surface area is 276 Å². The molecule has 2 heterocycles. The van der Waals surface area contributed by atoms with Gasteiger partial charge in [-0.2, -0.15) is 5.26 Å². The molecule has 2 aliphatic heterocycles. The lowest BCUT2D eigenvalue weighted by Crippen LogP contribution is -2.05. The molecule has 2 aliphatic rings. The van der Waals surface area contributed by atoms with E-state index < -0.39 is 0 Å². The molecule has 10 heteroatoms. The fraction of sp³-hybridized carbons (Fsp3) is 0.250. The summed E-state index contributed by atoms with van der Waals surface area (Å²) in [6, 6.07) is 20.1. The van der Waals surface area contributed by atoms with Gasteiger partial charge in [0.25, 0.3) is 0 Å². The molecule has 0 spiro atoms. The number of halogens is 1. The number of benzene rings is 4. The van der Waals surface area contributed by atoms with Crippen LogP contribution in [0.15, 0.2) is 60.7 Å². The van der Waals surface area contributed by atoms with Crippen LogP contribution < -0.4 is 28.4 Å². The Bertz CT molecular complexity index is 1760. The largest absolute Gasteiger partial charge is 0.457 e. The van der Waals surface area contributed by atoms with Crippen LogP contribution in [0.25, 0.3) is 0 Å². The van der Waals surface area contributed by atoms with Crippen molar-refractivity contribution in [1.29, 1.82) is 5.26 Å². The van der Waals surface area contributed by atoms with Gasteiger partial charge in [-0.1, -0.05) is 15.9 Å². The molecule has 0 amide bonds. The maximum Gasteiger partial charge on any atom is 0.231 e. The van der Waals surface area contributed by atoms with E-state index in [0.717, 1.165) is 44.9 Å². The molecule has 0 unspecified atom stereocenters. The molecule has 0 atom stereocenters. The Balaban J connectivity index is 0.000000193. The van der Waals surface area contributed by atoms with Gasteiger partial charge in [0.2, 0.25) is 13.6 Å². The van der Waals surface area contributed by atoms with Gasteiger partial charge in [-0.15, -0.1) is 0 Å². The van der Waals surface area contributed by atoms with Crippen LogP contribution in [0.3, 0.4) is 0 Å². The summed E-state index contributed by atoms with van der Waals surface area (Å²) in [7, 11) is 0. The maximum atomic E-state index is 11.9. The zero-order valence-electron chi connectivity index (χ0n) is 26.5. The summed E-state index contributed by atoms with van der Waals surface area (Å²) in [5.41, 5.74) is 5.14. The molecule has 9 nitrogen and oxygen atoms in total. The average molecular weight is 689 g/mol. The topological polar surface area (TPSA) is 113 Å². The van der Waals surface area contributed by atoms with Gasteiger partial charge in [0.1, 0.15) is 23.0 Å². The van der Waals surface area contributed by atoms with E-state index in [1.807, 2.05) is 76.2 Å². The highest BCUT2D eigenvalue weighted by Crippen LogP contribution is 2.38. The van der Waals surface area contributed by atoms with Gasteiger partial charge >= 0.3 is 0 Å². The number of hydrogen-bond acceptors (Lipinski definition) is 9. The van der Waals surface area contributed by atoms with E-state index >= 15 is 0 Å². The van der Waals surface area contributed by atoms with Crippen molar-refractivity contribution in [3.8, 4) is 52.1 Å². The van der Waals surface area contributed by atoms with Gasteiger partial charge < -0.3 is 28.4 Å². The van der Waals surface area contributed by atoms with E-state index in [-0.39, 0.29) is 25.2 Å². The van der Waals surface area contributed by atoms with E-state index in [1.165, 1.54) is 6.92 Å². The van der Waals surface area contributed by atoms with Crippen LogP contribution in [0.1, 0.15) is 56.8 Å². The van der Waals surface area contributed by atoms with Crippen LogP contribution >= 0.6 is 15.9 Å². The summed E-state index contributed by atoms with van der Waals surface area (Å²) < 4.78 is 32.9. The molecular formula is C36H34BrNO8. The summed E-state index contributed by atoms with van der Waals surface area (Å²) in [5.74, 6) is 5.69. The second-order valence-electron chi connectivity index (χ2n) is 10.4. The molecule has 0 saturated heterocycles. The minimum absolute atomic E-state index is 0.0691. The van der Waals surface area contributed by atoms with E-state index in [9.17, 15) is 9.59 Å². The Morgan fingerprint density at radius 1 is 0.674 bits per heavy atom. The van der Waals surface area contributed by atoms with Crippen LogP contribution in [0.4, 0.5) is 0 Å². The van der Waals surface area contributed by atoms with Gasteiger partial charge in [-0.05, 0) is 105 Å². The molecule has 46 heavy (non-hydrogen) atoms. The predicted molar refractivity (Wildman–Crippen MR) is 177 cm³/mol. The first-order chi connectivity index (χ1) is 22.0. The first-order valence-corrected chi connectivity index (χ1v) is 15.4. The van der Waals surface area contributed by atoms with Crippen LogP contribution in [0.5, 0.6) is 46.0 Å². The number of fused-ring (bicyclic) bond motifs is 2. The monoisotopic (exact) mass is 687 g/mol. The normalized spacial score (nSPS) is 11.7. The van der Waals surface area contributed by atoms with Gasteiger partial charge in [0, 0.05) is 30.2 Å². The molecule has 0 bridgehead atoms. The number of ketones is 2. The lowest BCUT2D eigenvalue weighted by atomic mass is 9.99. The second kappa shape index (κ2) is 15.3. The SMILES string of the molecule is CC#N.CC(=O)c1c(C)cc(Oc2ccc3c(c2)OCO3)cc1C.Cc1cc(Oc2ccc3c(c2)OCO3)cc(C)c1C(=O)CBr. The van der Waals surface area contributed by atoms with E-state index in [1.54, 1.807) is 25.1 Å². The summed E-state index contributed by atoms with van der Waals surface area (Å²) in [5, 5.41) is 7.64. The number of ether oxygens (including phenoxy) is 6. The second-order valence-corrected chi connectivity index (χ2v) is 11.0. The smallest absolute Gasteiger partial charge is 0.231 e. The molecule has 4 aromatic rings. The lowest BCUT2D eigenvalue weighted by Gasteiger charge is -2.12. The van der Waals surface area contributed by atoms with Crippen LogP contribution in [-0.4, -0.2) is 30.5 Å². The number of carbonyl (C=O) groups excluding carboxylic acids is 2. The molecule has 0 N–H and O–H groups in total. The van der Waals surface area contributed by atoms with Crippen molar-refractivity contribution in [2.45, 2.75) is 41.5 Å². The van der Waals surface area contributed by atoms with Gasteiger partial charge in [0.15, 0.2) is 34.6 Å². The Morgan fingerprint density at radius 2 is 1.04 bits per heavy atom. The van der Waals surface area contributed by atoms with E-state index in [0.29, 0.717) is 39.8 Å². The molecule has 4 aromatic carbocycles. The fourth-order valence-corrected chi connectivity index (χ4v) is 5.46. The Hall–Kier alpha value is -5.01. The number of carbonyl (C=O) groups is 2. The average Bonchev–Trinajstić information content (AvgIpc) is 3.66. The number of hydrogen-bond donors (Lipinski definition) is 0. The number of rotatable bonds is 7. The first kappa shape index (κ1) is 33.9. The van der Waals surface area contributed by atoms with Crippen molar-refractivity contribution >= 4 is 27.5 Å². The molecule has 0 fully saturated rings. The van der Waals surface area contributed by atoms with Crippen molar-refractivity contribution in [1.82, 2.24) is 0 Å². The quantitative estimate of drug-likeness (QED) is 0.139. The van der Waals surface area contributed by atoms with Gasteiger partial charge in [0.05, 0.1) is 11.4 Å². The number of nitrogens with zero attached hydrogens (tertiary/aromatic N) is 1. The van der Waals surface area contributed by atoms with Crippen molar-refractivity contribution in [2.24, 2.45) is 0 Å². The molecule has 0 saturated carbocycles. The van der Waals surface area contributed by atoms with Crippen LogP contribution in [0, 0.1) is 39.0 Å². The number of alkyl halides is 1. The molecule has 0 aliphatic carbocycles. The third-order valence-electron chi connectivity index (χ3n) is 6.92. The zero-order valence-corrected chi connectivity index (χ0v) is 28.1. The van der Waals surface area contributed by atoms with Crippen LogP contribution in [0.2, 0.25) is 0 Å². The number of aryl methyl sites for hydroxylation is 4. The van der Waals surface area contributed by atoms with Crippen LogP contribution in [-0.2, 0) is 0 Å². The summed E-state index contributed by atoms with van der Waals surface area (Å²) >= 11 is 3.21. The summed E-state index contributed by atoms with van der Waals surface area (Å²) in [4.78, 5) is 23.5. The third kappa shape index (κ3) is 8.17. The molecule has 0 radical (unpaired) electrons. The first-order valence-electron chi connectivity index (χ1n) is 14.3. The Morgan fingerprint density at radius 3 is 1.41 bits per heavy atom. The van der Waals surface area contributed by atoms with Gasteiger partial charge in [-0.25, -0.2) is 0 Å². The maximum absolute atomic E-state index is 11.9. The third-order valence-corrected chi connectivity index (χ3v) is 7.43. The lowest BCUT2D eigenvalue weighted by molar-refractivity contribution is 0.101. The predicted octanol–water partition coefficient (Wildman–Crippen LogP) is 8.96. The number of nitriles is 1. The molecule has 238 valence electrons. The molecular weight excluding hydrogens is 654 g/mol. The minimum Gasteiger partial charge on any atom is -0.457 e. The highest BCUT2D eigenvalue weighted by molar-refractivity contribution is 9.09. The van der Waals surface area contributed by atoms with Crippen molar-refractivity contribution in [3.05, 3.63) is 94.0 Å². The fourth-order valence-electron chi connectivity index (χ4n) is 5.18. The standard InChI is InChI=1S/C17H15BrO4.C17H16O4.C2H3N/c1-10-5-13(6-11(2)17(10)14(19)8-18)22-12-3-4-15-16(7-12)21-9-20-15;1-10-6-14(7-11(2)17(10)12(3)18)21-13-4-5-15-16(8-13)20-9-19-15;1-2-3/h3-7H,8-9H2,1-2H3;4-8H,9H2,1-3H3;1H3. The minimum atomic E-state index is 0.0691. The molecule has 0 aromatic heterocycles. The van der Waals surface area contributed by atoms with Crippen molar-refractivity contribution in [2.75, 3.05) is 18.9 Å². The Kier molecular flexibility index (Phi) is 11.3. The molecule has 6 rings (SSSR count). The van der Waals surface area contributed by atoms with E-state index in [4.69, 9.17) is 33.7 Å². The van der Waals surface area contributed by atoms with Crippen molar-refractivity contribution in [3.63, 3.8) is 0 Å². The summed E-state index contributed by atoms with van der Waals surface area (Å²) in [6.07, 6.45) is 0. The highest BCUT2D eigenvalue weighted by atomic mass is 79.9. The number of Topliss-reactive ketones (excluding diaryl/α,β-unsaturated/α-hetero) is 2. The van der Waals surface area contributed by atoms with Gasteiger partial charge in [-0.3, -0.25) is 9.59 Å². The van der Waals surface area contributed by atoms with E-state index in [2.05, 4.69) is 15.9 Å². The highest BCUT2D eigenvalue weighted by Gasteiger charge is 2.17. The zero-order chi connectivity index (χ0) is 33.4. The van der Waals surface area contributed by atoms with Crippen molar-refractivity contribution < 1.29 is 38.0 Å².